The van der Waals surface area contributed by atoms with Gasteiger partial charge in [0.05, 0.1) is 0 Å². The molecule has 3 heterocycles. The smallest absolute Gasteiger partial charge is 0.224 e. The number of anilines is 1. The van der Waals surface area contributed by atoms with Gasteiger partial charge in [-0.15, -0.1) is 10.2 Å². The van der Waals surface area contributed by atoms with E-state index < -0.39 is 0 Å². The van der Waals surface area contributed by atoms with Crippen molar-refractivity contribution in [2.45, 2.75) is 52.0 Å². The number of hydrogen-bond acceptors (Lipinski definition) is 4. The lowest BCUT2D eigenvalue weighted by molar-refractivity contribution is -0.116. The van der Waals surface area contributed by atoms with Crippen molar-refractivity contribution < 1.29 is 4.79 Å². The maximum absolute atomic E-state index is 12.4. The molecular formula is C21H24N4OS. The highest BCUT2D eigenvalue weighted by atomic mass is 32.1. The van der Waals surface area contributed by atoms with Gasteiger partial charge >= 0.3 is 0 Å². The Hall–Kier alpha value is -2.47. The number of amides is 1. The first-order valence-corrected chi connectivity index (χ1v) is 10.5. The van der Waals surface area contributed by atoms with Gasteiger partial charge in [-0.2, -0.15) is 11.3 Å². The van der Waals surface area contributed by atoms with E-state index in [0.29, 0.717) is 6.42 Å². The minimum atomic E-state index is 0.0431. The van der Waals surface area contributed by atoms with Crippen LogP contribution in [0.5, 0.6) is 0 Å². The van der Waals surface area contributed by atoms with Crippen LogP contribution in [-0.4, -0.2) is 20.7 Å². The van der Waals surface area contributed by atoms with Crippen molar-refractivity contribution in [2.75, 3.05) is 5.32 Å². The first-order valence-electron chi connectivity index (χ1n) is 9.55. The number of aryl methyl sites for hydroxylation is 3. The largest absolute Gasteiger partial charge is 0.326 e. The molecule has 0 radical (unpaired) electrons. The van der Waals surface area contributed by atoms with Crippen LogP contribution in [0.1, 0.15) is 42.6 Å². The second-order valence-corrected chi connectivity index (χ2v) is 7.89. The van der Waals surface area contributed by atoms with Gasteiger partial charge in [0, 0.05) is 30.6 Å². The van der Waals surface area contributed by atoms with Crippen molar-refractivity contribution in [1.82, 2.24) is 14.8 Å². The Morgan fingerprint density at radius 1 is 1.22 bits per heavy atom. The quantitative estimate of drug-likeness (QED) is 0.703. The highest BCUT2D eigenvalue weighted by Crippen LogP contribution is 2.27. The molecule has 27 heavy (non-hydrogen) atoms. The summed E-state index contributed by atoms with van der Waals surface area (Å²) in [7, 11) is 0. The number of carbonyl (C=O) groups is 1. The van der Waals surface area contributed by atoms with E-state index in [1.54, 1.807) is 11.3 Å². The van der Waals surface area contributed by atoms with E-state index in [-0.39, 0.29) is 5.91 Å². The summed E-state index contributed by atoms with van der Waals surface area (Å²) < 4.78 is 2.24. The topological polar surface area (TPSA) is 59.8 Å². The second kappa shape index (κ2) is 8.05. The van der Waals surface area contributed by atoms with Crippen LogP contribution in [0.3, 0.4) is 0 Å². The summed E-state index contributed by atoms with van der Waals surface area (Å²) in [6.07, 6.45) is 5.83. The lowest BCUT2D eigenvalue weighted by Crippen LogP contribution is -2.13. The summed E-state index contributed by atoms with van der Waals surface area (Å²) in [5, 5.41) is 16.0. The Morgan fingerprint density at radius 3 is 3.00 bits per heavy atom. The van der Waals surface area contributed by atoms with Gasteiger partial charge in [-0.25, -0.2) is 0 Å². The van der Waals surface area contributed by atoms with E-state index in [2.05, 4.69) is 37.6 Å². The van der Waals surface area contributed by atoms with Gasteiger partial charge in [-0.3, -0.25) is 4.79 Å². The Kier molecular flexibility index (Phi) is 5.34. The summed E-state index contributed by atoms with van der Waals surface area (Å²) in [4.78, 5) is 12.4. The Morgan fingerprint density at radius 2 is 2.15 bits per heavy atom. The predicted molar refractivity (Wildman–Crippen MR) is 109 cm³/mol. The Labute approximate surface area is 163 Å². The third-order valence-electron chi connectivity index (χ3n) is 5.10. The van der Waals surface area contributed by atoms with E-state index in [1.807, 2.05) is 24.4 Å². The Balaban J connectivity index is 1.51. The van der Waals surface area contributed by atoms with E-state index >= 15 is 0 Å². The average Bonchev–Trinajstić information content (AvgIpc) is 3.27. The number of nitrogens with zero attached hydrogens (tertiary/aromatic N) is 3. The Bertz CT molecular complexity index is 930. The number of thiophene rings is 1. The fourth-order valence-electron chi connectivity index (χ4n) is 3.50. The molecule has 1 amide bonds. The van der Waals surface area contributed by atoms with Gasteiger partial charge in [0.15, 0.2) is 5.82 Å². The minimum Gasteiger partial charge on any atom is -0.326 e. The van der Waals surface area contributed by atoms with Crippen LogP contribution in [0.2, 0.25) is 0 Å². The van der Waals surface area contributed by atoms with Crippen LogP contribution < -0.4 is 5.32 Å². The van der Waals surface area contributed by atoms with E-state index in [9.17, 15) is 4.79 Å². The fraction of sp³-hybridized carbons (Fsp3) is 0.381. The molecular weight excluding hydrogens is 356 g/mol. The van der Waals surface area contributed by atoms with Crippen LogP contribution in [-0.2, 0) is 24.2 Å². The molecule has 1 aliphatic rings. The zero-order chi connectivity index (χ0) is 18.6. The molecule has 3 aromatic rings. The van der Waals surface area contributed by atoms with Crippen molar-refractivity contribution in [3.63, 3.8) is 0 Å². The molecule has 6 heteroatoms. The minimum absolute atomic E-state index is 0.0431. The second-order valence-electron chi connectivity index (χ2n) is 7.11. The third-order valence-corrected chi connectivity index (χ3v) is 5.83. The monoisotopic (exact) mass is 380 g/mol. The fourth-order valence-corrected chi connectivity index (χ4v) is 4.20. The average molecular weight is 381 g/mol. The number of nitrogens with one attached hydrogen (secondary N) is 1. The molecule has 0 unspecified atom stereocenters. The van der Waals surface area contributed by atoms with Crippen LogP contribution in [0, 0.1) is 6.92 Å². The molecule has 1 aliphatic heterocycles. The van der Waals surface area contributed by atoms with Gasteiger partial charge < -0.3 is 9.88 Å². The van der Waals surface area contributed by atoms with E-state index in [0.717, 1.165) is 54.3 Å². The van der Waals surface area contributed by atoms with Gasteiger partial charge in [0.1, 0.15) is 5.82 Å². The first kappa shape index (κ1) is 17.9. The highest BCUT2D eigenvalue weighted by molar-refractivity contribution is 7.07. The predicted octanol–water partition coefficient (Wildman–Crippen LogP) is 4.61. The van der Waals surface area contributed by atoms with Crippen LogP contribution in [0.25, 0.3) is 11.4 Å². The van der Waals surface area contributed by atoms with Crippen molar-refractivity contribution in [1.29, 1.82) is 0 Å². The molecule has 0 fully saturated rings. The SMILES string of the molecule is Cc1ccc(-c2nnc3n2CCCCC3)cc1NC(=O)CCc1ccsc1. The van der Waals surface area contributed by atoms with Crippen molar-refractivity contribution >= 4 is 22.9 Å². The molecule has 0 bridgehead atoms. The molecule has 0 saturated heterocycles. The molecule has 4 rings (SSSR count). The summed E-state index contributed by atoms with van der Waals surface area (Å²) in [6, 6.07) is 8.21. The summed E-state index contributed by atoms with van der Waals surface area (Å²) in [6.45, 7) is 2.98. The standard InChI is InChI=1S/C21H24N4OS/c1-15-6-8-17(21-24-23-19-5-3-2-4-11-25(19)21)13-18(15)22-20(26)9-7-16-10-12-27-14-16/h6,8,10,12-14H,2-5,7,9,11H2,1H3,(H,22,26). The molecule has 0 aliphatic carbocycles. The maximum atomic E-state index is 12.4. The number of carbonyl (C=O) groups excluding carboxylic acids is 1. The molecule has 140 valence electrons. The maximum Gasteiger partial charge on any atom is 0.224 e. The van der Waals surface area contributed by atoms with E-state index in [4.69, 9.17) is 0 Å². The van der Waals surface area contributed by atoms with E-state index in [1.165, 1.54) is 18.4 Å². The van der Waals surface area contributed by atoms with Gasteiger partial charge in [0.25, 0.3) is 0 Å². The summed E-state index contributed by atoms with van der Waals surface area (Å²) in [5.41, 5.74) is 4.13. The number of benzene rings is 1. The van der Waals surface area contributed by atoms with Gasteiger partial charge in [0.2, 0.25) is 5.91 Å². The highest BCUT2D eigenvalue weighted by Gasteiger charge is 2.17. The normalized spacial score (nSPS) is 13.8. The number of fused-ring (bicyclic) bond motifs is 1. The molecule has 1 aromatic carbocycles. The van der Waals surface area contributed by atoms with Crippen LogP contribution in [0.4, 0.5) is 5.69 Å². The first-order chi connectivity index (χ1) is 13.2. The number of rotatable bonds is 5. The van der Waals surface area contributed by atoms with Crippen molar-refractivity contribution in [3.8, 4) is 11.4 Å². The lowest BCUT2D eigenvalue weighted by atomic mass is 10.1. The van der Waals surface area contributed by atoms with Crippen molar-refractivity contribution in [2.24, 2.45) is 0 Å². The van der Waals surface area contributed by atoms with Crippen LogP contribution in [0.15, 0.2) is 35.0 Å². The summed E-state index contributed by atoms with van der Waals surface area (Å²) in [5.74, 6) is 2.02. The van der Waals surface area contributed by atoms with Gasteiger partial charge in [-0.05, 0) is 60.2 Å². The molecule has 0 spiro atoms. The number of aromatic nitrogens is 3. The lowest BCUT2D eigenvalue weighted by Gasteiger charge is -2.12. The zero-order valence-corrected chi connectivity index (χ0v) is 16.4. The molecule has 5 nitrogen and oxygen atoms in total. The number of hydrogen-bond donors (Lipinski definition) is 1. The molecule has 1 N–H and O–H groups in total. The van der Waals surface area contributed by atoms with Crippen LogP contribution >= 0.6 is 11.3 Å². The molecule has 0 saturated carbocycles. The molecule has 0 atom stereocenters. The molecule has 2 aromatic heterocycles. The third kappa shape index (κ3) is 4.11. The zero-order valence-electron chi connectivity index (χ0n) is 15.6. The van der Waals surface area contributed by atoms with Crippen molar-refractivity contribution in [3.05, 3.63) is 52.0 Å². The van der Waals surface area contributed by atoms with Gasteiger partial charge in [-0.1, -0.05) is 18.6 Å². The summed E-state index contributed by atoms with van der Waals surface area (Å²) >= 11 is 1.66.